The van der Waals surface area contributed by atoms with Crippen molar-refractivity contribution >= 4 is 174 Å². The van der Waals surface area contributed by atoms with Gasteiger partial charge in [-0.15, -0.1) is 68.9 Å². The van der Waals surface area contributed by atoms with Crippen LogP contribution in [0.2, 0.25) is 0 Å². The fourth-order valence-corrected chi connectivity index (χ4v) is 22.0. The number of thiazole rings is 4. The number of esters is 1. The normalized spacial score (nSPS) is 27.2. The van der Waals surface area contributed by atoms with E-state index in [1.807, 2.05) is 6.07 Å². The van der Waals surface area contributed by atoms with Crippen LogP contribution in [0.4, 0.5) is 0 Å². The Morgan fingerprint density at radius 2 is 1.43 bits per heavy atom. The van der Waals surface area contributed by atoms with Gasteiger partial charge in [-0.25, -0.2) is 34.5 Å². The molecule has 0 saturated carbocycles. The fourth-order valence-electron chi connectivity index (χ4n) is 15.5. The summed E-state index contributed by atoms with van der Waals surface area (Å²) < 4.78 is 5.65. The van der Waals surface area contributed by atoms with Gasteiger partial charge in [0.1, 0.15) is 137 Å². The largest absolute Gasteiger partial charge is 0.480 e. The van der Waals surface area contributed by atoms with Crippen molar-refractivity contribution in [3.63, 3.8) is 0 Å². The van der Waals surface area contributed by atoms with E-state index in [2.05, 4.69) is 103 Å². The van der Waals surface area contributed by atoms with Gasteiger partial charge in [0.25, 0.3) is 35.4 Å². The first-order valence-electron chi connectivity index (χ1n) is 43.2. The van der Waals surface area contributed by atoms with E-state index in [1.165, 1.54) is 105 Å². The van der Waals surface area contributed by atoms with Gasteiger partial charge in [0.2, 0.25) is 41.4 Å². The minimum atomic E-state index is -2.21. The summed E-state index contributed by atoms with van der Waals surface area (Å²) in [6, 6.07) is -5.19. The first-order chi connectivity index (χ1) is 65.0. The van der Waals surface area contributed by atoms with E-state index in [0.29, 0.717) is 12.0 Å². The minimum absolute atomic E-state index is 0.0158. The average molecular weight is 2010 g/mol. The molecule has 50 heteroatoms. The maximum Gasteiger partial charge on any atom is 0.357 e. The molecule has 6 aliphatic heterocycles. The van der Waals surface area contributed by atoms with Gasteiger partial charge in [-0.05, 0) is 105 Å². The summed E-state index contributed by atoms with van der Waals surface area (Å²) in [5.74, 6) is -14.0. The number of carbonyl (C=O) groups is 15. The number of ether oxygens (including phenoxy) is 1. The molecule has 11 heterocycles. The second-order valence-electron chi connectivity index (χ2n) is 34.3. The van der Waals surface area contributed by atoms with Crippen molar-refractivity contribution < 1.29 is 107 Å². The highest BCUT2D eigenvalue weighted by Crippen LogP contribution is 2.52. The molecule has 13 amide bonds. The number of amides is 13. The number of fused-ring (bicyclic) bond motifs is 8. The highest BCUT2D eigenvalue weighted by molar-refractivity contribution is 8.14. The van der Waals surface area contributed by atoms with E-state index >= 15 is 14.4 Å². The lowest BCUT2D eigenvalue weighted by molar-refractivity contribution is -0.161. The number of nitrogens with two attached hydrogens (primary N) is 2. The summed E-state index contributed by atoms with van der Waals surface area (Å²) in [4.78, 5) is 241. The first-order valence-corrected chi connectivity index (χ1v) is 48.6. The molecular weight excluding hydrogens is 1910 g/mol. The third kappa shape index (κ3) is 22.4. The Balaban J connectivity index is 0.000000614. The second kappa shape index (κ2) is 42.8. The van der Waals surface area contributed by atoms with Gasteiger partial charge in [0.05, 0.1) is 70.3 Å². The molecule has 138 heavy (non-hydrogen) atoms. The molecule has 21 atom stereocenters. The van der Waals surface area contributed by atoms with Gasteiger partial charge >= 0.3 is 11.9 Å². The Bertz CT molecular complexity index is 6040. The molecule has 13 bridgehead atoms. The van der Waals surface area contributed by atoms with E-state index in [-0.39, 0.29) is 106 Å². The lowest BCUT2D eigenvalue weighted by Gasteiger charge is -2.43. The van der Waals surface area contributed by atoms with E-state index < -0.39 is 230 Å². The van der Waals surface area contributed by atoms with Gasteiger partial charge in [-0.3, -0.25) is 77.6 Å². The van der Waals surface area contributed by atoms with Crippen LogP contribution in [-0.2, 0) is 63.0 Å². The van der Waals surface area contributed by atoms with Gasteiger partial charge in [-0.2, -0.15) is 0 Å². The molecule has 1 aromatic carbocycles. The number of carbonyl (C=O) groups excluding carboxylic acids is 14. The summed E-state index contributed by atoms with van der Waals surface area (Å²) >= 11 is 5.81. The van der Waals surface area contributed by atoms with Crippen molar-refractivity contribution in [3.05, 3.63) is 183 Å². The van der Waals surface area contributed by atoms with Crippen LogP contribution in [-0.4, -0.2) is 248 Å². The van der Waals surface area contributed by atoms with Crippen molar-refractivity contribution in [2.75, 3.05) is 5.75 Å². The number of carboxylic acids is 1. The van der Waals surface area contributed by atoms with Gasteiger partial charge in [0, 0.05) is 37.6 Å². The van der Waals surface area contributed by atoms with Crippen molar-refractivity contribution in [2.24, 2.45) is 27.4 Å². The molecule has 17 unspecified atom stereocenters. The lowest BCUT2D eigenvalue weighted by Crippen LogP contribution is -2.71. The molecule has 13 rings (SSSR count). The number of pyridine rings is 1. The number of aliphatic hydroxyl groups excluding tert-OH is 4. The number of aliphatic carboxylic acids is 1. The van der Waals surface area contributed by atoms with Crippen LogP contribution in [0.15, 0.2) is 123 Å². The number of aromatic nitrogens is 5. The molecular formula is C88H104N22O22S6. The van der Waals surface area contributed by atoms with Gasteiger partial charge in [0.15, 0.2) is 0 Å². The quantitative estimate of drug-likeness (QED) is 0.0366. The molecule has 734 valence electrons. The van der Waals surface area contributed by atoms with Crippen molar-refractivity contribution in [1.29, 1.82) is 0 Å². The van der Waals surface area contributed by atoms with Crippen molar-refractivity contribution in [1.82, 2.24) is 93.6 Å². The summed E-state index contributed by atoms with van der Waals surface area (Å²) in [5.41, 5.74) is 4.81. The maximum atomic E-state index is 15.4. The Morgan fingerprint density at radius 1 is 0.761 bits per heavy atom. The Kier molecular flexibility index (Phi) is 32.3. The van der Waals surface area contributed by atoms with Gasteiger partial charge < -0.3 is 110 Å². The molecule has 1 aliphatic carbocycles. The van der Waals surface area contributed by atoms with Crippen molar-refractivity contribution in [3.8, 4) is 0 Å². The van der Waals surface area contributed by atoms with E-state index in [0.717, 1.165) is 57.1 Å². The molecule has 7 aliphatic rings. The molecule has 2 saturated heterocycles. The summed E-state index contributed by atoms with van der Waals surface area (Å²) in [6.07, 6.45) is -3.18. The summed E-state index contributed by atoms with van der Waals surface area (Å²) in [6.45, 7) is 28.5. The number of benzene rings is 1. The lowest BCUT2D eigenvalue weighted by atomic mass is 9.80. The van der Waals surface area contributed by atoms with Crippen LogP contribution in [0.3, 0.4) is 0 Å². The highest BCUT2D eigenvalue weighted by Gasteiger charge is 2.64. The molecule has 0 spiro atoms. The summed E-state index contributed by atoms with van der Waals surface area (Å²) in [7, 11) is 0. The zero-order chi connectivity index (χ0) is 101. The number of aliphatic hydroxyl groups is 5. The third-order valence-electron chi connectivity index (χ3n) is 23.9. The van der Waals surface area contributed by atoms with Crippen LogP contribution in [0, 0.1) is 5.92 Å². The van der Waals surface area contributed by atoms with Crippen LogP contribution in [0.5, 0.6) is 0 Å². The third-order valence-corrected chi connectivity index (χ3v) is 30.3. The fraction of sp³-hybridized carbons (Fsp3) is 0.432. The van der Waals surface area contributed by atoms with Crippen molar-refractivity contribution in [2.45, 2.75) is 227 Å². The molecule has 44 nitrogen and oxygen atoms in total. The smallest absolute Gasteiger partial charge is 0.357 e. The number of carboxylic acid groups (broad SMARTS) is 1. The Labute approximate surface area is 813 Å². The second-order valence-corrected chi connectivity index (χ2v) is 40.5. The first kappa shape index (κ1) is 104. The minimum Gasteiger partial charge on any atom is -0.480 e. The zero-order valence-corrected chi connectivity index (χ0v) is 81.2. The van der Waals surface area contributed by atoms with Crippen LogP contribution >= 0.6 is 68.9 Å². The van der Waals surface area contributed by atoms with E-state index in [1.54, 1.807) is 65.0 Å². The molecule has 6 aromatic rings. The van der Waals surface area contributed by atoms with E-state index in [9.17, 15) is 88.2 Å². The van der Waals surface area contributed by atoms with Gasteiger partial charge in [-0.1, -0.05) is 88.6 Å². The number of hydrogen-bond donors (Lipinski definition) is 20. The predicted molar refractivity (Wildman–Crippen MR) is 507 cm³/mol. The topological polar surface area (TPSA) is 675 Å². The summed E-state index contributed by atoms with van der Waals surface area (Å²) in [5, 5.41) is 104. The number of rotatable bonds is 16. The highest BCUT2D eigenvalue weighted by atomic mass is 32.2. The zero-order valence-electron chi connectivity index (χ0n) is 76.3. The predicted octanol–water partition coefficient (Wildman–Crippen LogP) is 1.09. The molecule has 2 fully saturated rings. The monoisotopic (exact) mass is 2010 g/mol. The molecule has 5 aromatic heterocycles. The Hall–Kier alpha value is -12.6. The number of primary amides is 1. The maximum absolute atomic E-state index is 15.4. The van der Waals surface area contributed by atoms with Crippen LogP contribution < -0.4 is 75.3 Å². The van der Waals surface area contributed by atoms with Crippen LogP contribution in [0.1, 0.15) is 229 Å². The standard InChI is InChI=1S/C72H85N19O18S5.C16H19N3O4S/c1-14-26(3)47-63(105)78-30(7)57(99)75-28(5)56(98)76-31(8)58(100)91-72-19-18-40(66-85-43(22-111-66)59(101)77-29(6)55(97)74-27(4)54(73)96)81-52(72)42-21-112-67(83-42)49(34(11)109-69(107)41-20-37(32(9)92)36-16-17-39(79-47)51(95)50(36)80-41)89-60(102)44-24-113-68(86-44)53(71(13,108)35(12)94)90-62(104)45-23-110-65(84-45)38(15-2)82-64(106)48(33(10)93)88-61(103)46-25-114-70(72)87-46;1-16(2)11(15(22)23)19-13(21)10(14(19)24-16)18-12(20)9(17)8-6-4-3-5-7-8/h15-17,20-22,24-26,30-35,39,45,47-49,51-53,79,92-95,108H,4-6,14,18-19,23H2,1-3,7-13H3,(H2,73,96)(H,74,97)(H,75,99)(H,76,98)(H,77,101)(H,78,105)(H,82,106)(H,88,103)(H,89,102)(H,90,104)(H,91,100);3-7,9-11,14H,17H2,1-2H3,(H,18,20)(H,22,23)/b38-15+;/t;9-,10-,11+,14-/m.1/s1. The number of hydrogen-bond acceptors (Lipinski definition) is 36. The number of aliphatic imine (C=N–C) groups is 2. The number of nitrogens with zero attached hydrogens (tertiary/aromatic N) is 8. The number of thioether (sulfide) groups is 2. The molecule has 22 N–H and O–H groups in total. The number of nitrogens with one attached hydrogen (secondary N) is 12. The van der Waals surface area contributed by atoms with E-state index in [4.69, 9.17) is 31.2 Å². The average Bonchev–Trinajstić information content (AvgIpc) is 1.55. The van der Waals surface area contributed by atoms with Crippen LogP contribution in [0.25, 0.3) is 6.08 Å². The Morgan fingerprint density at radius 3 is 2.09 bits per heavy atom. The number of allylic oxidation sites excluding steroid dienone is 1. The SMILES string of the molecule is C=C(NC(=O)C(=C)NC(=O)c1csc(C2=NC3c4csc(n4)C4NC(=O)c5csc(n5)C(C(C)(O)C(C)O)NC(=O)C5CSC(=N5)/C(=C\C)NC(=O)C(C(C)O)NC(=O)c5csc(n5)C3(CC2)NC(=O)C(C)NC(=O)C(=C)NC(=O)C(C)NC(=O)C(C(C)CC)NC2C=Cc3c(C(C)O)cc(nc3C2O)C(=O)OC4C)n1)C(N)=O.CC1(C)S[C@@H]2[C@H](NC(=O)[C@H](N)c3ccccc3)C(=O)N2[C@H]1C(=O)O. The number of β-lactam (4-membered cyclic amide) rings is 1. The molecule has 0 radical (unpaired) electrons. The number of cyclic esters (lactones) is 1.